The highest BCUT2D eigenvalue weighted by molar-refractivity contribution is 5.63. The normalized spacial score (nSPS) is 10.4. The number of hydrogen-bond acceptors (Lipinski definition) is 1. The summed E-state index contributed by atoms with van der Waals surface area (Å²) in [5.41, 5.74) is 3.96. The zero-order valence-electron chi connectivity index (χ0n) is 9.58. The number of aryl methyl sites for hydroxylation is 2. The van der Waals surface area contributed by atoms with E-state index in [2.05, 4.69) is 11.9 Å². The van der Waals surface area contributed by atoms with Crippen molar-refractivity contribution in [3.05, 3.63) is 57.9 Å². The minimum absolute atomic E-state index is 0.00365. The topological polar surface area (TPSA) is 32.9 Å². The Morgan fingerprint density at radius 2 is 1.88 bits per heavy atom. The number of aromatic amines is 1. The predicted octanol–water partition coefficient (Wildman–Crippen LogP) is 2.91. The zero-order valence-corrected chi connectivity index (χ0v) is 9.58. The van der Waals surface area contributed by atoms with Gasteiger partial charge >= 0.3 is 0 Å². The Bertz CT molecular complexity index is 540. The zero-order chi connectivity index (χ0) is 11.5. The van der Waals surface area contributed by atoms with Crippen LogP contribution in [-0.4, -0.2) is 4.98 Å². The molecule has 0 bridgehead atoms. The molecule has 0 amide bonds. The predicted molar refractivity (Wildman–Crippen MR) is 66.6 cm³/mol. The van der Waals surface area contributed by atoms with Gasteiger partial charge in [0.15, 0.2) is 0 Å². The lowest BCUT2D eigenvalue weighted by atomic mass is 10.0. The summed E-state index contributed by atoms with van der Waals surface area (Å²) in [7, 11) is 0. The van der Waals surface area contributed by atoms with E-state index in [1.807, 2.05) is 43.3 Å². The summed E-state index contributed by atoms with van der Waals surface area (Å²) in [6, 6.07) is 11.9. The van der Waals surface area contributed by atoms with Gasteiger partial charge in [0, 0.05) is 5.56 Å². The van der Waals surface area contributed by atoms with E-state index in [-0.39, 0.29) is 5.56 Å². The average molecular weight is 213 g/mol. The Balaban J connectivity index is 2.65. The molecule has 0 saturated heterocycles. The molecule has 0 spiro atoms. The number of pyridine rings is 1. The number of rotatable bonds is 2. The number of hydrogen-bond donors (Lipinski definition) is 1. The molecule has 0 aliphatic rings. The second-order valence-electron chi connectivity index (χ2n) is 3.90. The fraction of sp³-hybridized carbons (Fsp3) is 0.214. The molecule has 2 heteroatoms. The SMILES string of the molecule is CCc1cc(C)c(=O)[nH]c1-c1ccccc1. The van der Waals surface area contributed by atoms with Crippen molar-refractivity contribution in [3.8, 4) is 11.3 Å². The van der Waals surface area contributed by atoms with Gasteiger partial charge in [-0.15, -0.1) is 0 Å². The summed E-state index contributed by atoms with van der Waals surface area (Å²) in [4.78, 5) is 14.6. The van der Waals surface area contributed by atoms with Crippen molar-refractivity contribution in [1.82, 2.24) is 4.98 Å². The Kier molecular flexibility index (Phi) is 2.91. The molecule has 1 aromatic heterocycles. The van der Waals surface area contributed by atoms with Crippen LogP contribution in [0.4, 0.5) is 0 Å². The standard InChI is InChI=1S/C14H15NO/c1-3-11-9-10(2)14(16)15-13(11)12-7-5-4-6-8-12/h4-9H,3H2,1-2H3,(H,15,16). The highest BCUT2D eigenvalue weighted by atomic mass is 16.1. The van der Waals surface area contributed by atoms with Gasteiger partial charge in [-0.3, -0.25) is 4.79 Å². The summed E-state index contributed by atoms with van der Waals surface area (Å²) in [5, 5.41) is 0. The van der Waals surface area contributed by atoms with Gasteiger partial charge in [-0.2, -0.15) is 0 Å². The first-order valence-corrected chi connectivity index (χ1v) is 5.50. The quantitative estimate of drug-likeness (QED) is 0.817. The van der Waals surface area contributed by atoms with Gasteiger partial charge in [0.05, 0.1) is 5.69 Å². The Hall–Kier alpha value is -1.83. The smallest absolute Gasteiger partial charge is 0.251 e. The van der Waals surface area contributed by atoms with Crippen molar-refractivity contribution in [2.75, 3.05) is 0 Å². The van der Waals surface area contributed by atoms with Crippen LogP contribution in [0.5, 0.6) is 0 Å². The molecule has 1 heterocycles. The summed E-state index contributed by atoms with van der Waals surface area (Å²) in [6.07, 6.45) is 0.918. The number of H-pyrrole nitrogens is 1. The summed E-state index contributed by atoms with van der Waals surface area (Å²) >= 11 is 0. The Labute approximate surface area is 95.0 Å². The van der Waals surface area contributed by atoms with Gasteiger partial charge in [-0.25, -0.2) is 0 Å². The van der Waals surface area contributed by atoms with Gasteiger partial charge in [0.2, 0.25) is 0 Å². The molecule has 82 valence electrons. The monoisotopic (exact) mass is 213 g/mol. The molecular formula is C14H15NO. The van der Waals surface area contributed by atoms with E-state index in [1.165, 1.54) is 5.56 Å². The lowest BCUT2D eigenvalue weighted by Gasteiger charge is -2.08. The molecule has 2 rings (SSSR count). The Morgan fingerprint density at radius 3 is 2.50 bits per heavy atom. The molecule has 0 unspecified atom stereocenters. The molecule has 1 aromatic carbocycles. The molecule has 2 nitrogen and oxygen atoms in total. The van der Waals surface area contributed by atoms with E-state index >= 15 is 0 Å². The molecule has 1 N–H and O–H groups in total. The number of nitrogens with one attached hydrogen (secondary N) is 1. The lowest BCUT2D eigenvalue weighted by Crippen LogP contribution is -2.12. The van der Waals surface area contributed by atoms with Crippen LogP contribution in [0.25, 0.3) is 11.3 Å². The van der Waals surface area contributed by atoms with Crippen LogP contribution in [-0.2, 0) is 6.42 Å². The van der Waals surface area contributed by atoms with Crippen LogP contribution in [0, 0.1) is 6.92 Å². The number of aromatic nitrogens is 1. The van der Waals surface area contributed by atoms with Crippen LogP contribution in [0.2, 0.25) is 0 Å². The third-order valence-corrected chi connectivity index (χ3v) is 2.75. The molecule has 0 radical (unpaired) electrons. The van der Waals surface area contributed by atoms with Crippen LogP contribution in [0.1, 0.15) is 18.1 Å². The maximum absolute atomic E-state index is 11.6. The van der Waals surface area contributed by atoms with Gasteiger partial charge in [-0.1, -0.05) is 37.3 Å². The second kappa shape index (κ2) is 4.35. The van der Waals surface area contributed by atoms with Crippen molar-refractivity contribution >= 4 is 0 Å². The Morgan fingerprint density at radius 1 is 1.19 bits per heavy atom. The minimum Gasteiger partial charge on any atom is -0.321 e. The average Bonchev–Trinajstić information content (AvgIpc) is 2.33. The van der Waals surface area contributed by atoms with Crippen molar-refractivity contribution in [3.63, 3.8) is 0 Å². The van der Waals surface area contributed by atoms with Crippen LogP contribution >= 0.6 is 0 Å². The van der Waals surface area contributed by atoms with Gasteiger partial charge in [0.1, 0.15) is 0 Å². The summed E-state index contributed by atoms with van der Waals surface area (Å²) in [5.74, 6) is 0. The first kappa shape index (κ1) is 10.7. The van der Waals surface area contributed by atoms with E-state index < -0.39 is 0 Å². The van der Waals surface area contributed by atoms with E-state index in [9.17, 15) is 4.79 Å². The summed E-state index contributed by atoms with van der Waals surface area (Å²) in [6.45, 7) is 3.94. The summed E-state index contributed by atoms with van der Waals surface area (Å²) < 4.78 is 0. The maximum atomic E-state index is 11.6. The van der Waals surface area contributed by atoms with Crippen molar-refractivity contribution in [1.29, 1.82) is 0 Å². The molecule has 0 aliphatic carbocycles. The van der Waals surface area contributed by atoms with Crippen molar-refractivity contribution in [2.45, 2.75) is 20.3 Å². The number of benzene rings is 1. The maximum Gasteiger partial charge on any atom is 0.251 e. The minimum atomic E-state index is -0.00365. The largest absolute Gasteiger partial charge is 0.321 e. The first-order chi connectivity index (χ1) is 7.72. The van der Waals surface area contributed by atoms with Gasteiger partial charge < -0.3 is 4.98 Å². The molecule has 2 aromatic rings. The van der Waals surface area contributed by atoms with E-state index in [0.29, 0.717) is 0 Å². The molecule has 0 atom stereocenters. The molecule has 16 heavy (non-hydrogen) atoms. The highest BCUT2D eigenvalue weighted by Crippen LogP contribution is 2.20. The highest BCUT2D eigenvalue weighted by Gasteiger charge is 2.06. The van der Waals surface area contributed by atoms with Crippen LogP contribution in [0.15, 0.2) is 41.2 Å². The van der Waals surface area contributed by atoms with Gasteiger partial charge in [-0.05, 0) is 30.5 Å². The second-order valence-corrected chi connectivity index (χ2v) is 3.90. The van der Waals surface area contributed by atoms with Gasteiger partial charge in [0.25, 0.3) is 5.56 Å². The lowest BCUT2D eigenvalue weighted by molar-refractivity contribution is 1.07. The fourth-order valence-electron chi connectivity index (χ4n) is 1.83. The molecule has 0 saturated carbocycles. The van der Waals surface area contributed by atoms with Crippen LogP contribution < -0.4 is 5.56 Å². The van der Waals surface area contributed by atoms with Crippen LogP contribution in [0.3, 0.4) is 0 Å². The third kappa shape index (κ3) is 1.91. The molecule has 0 fully saturated rings. The van der Waals surface area contributed by atoms with Crippen molar-refractivity contribution in [2.24, 2.45) is 0 Å². The van der Waals surface area contributed by atoms with Crippen molar-refractivity contribution < 1.29 is 0 Å². The molecular weight excluding hydrogens is 198 g/mol. The van der Waals surface area contributed by atoms with E-state index in [1.54, 1.807) is 0 Å². The first-order valence-electron chi connectivity index (χ1n) is 5.50. The molecule has 0 aliphatic heterocycles. The third-order valence-electron chi connectivity index (χ3n) is 2.75. The fourth-order valence-corrected chi connectivity index (χ4v) is 1.83. The van der Waals surface area contributed by atoms with E-state index in [0.717, 1.165) is 23.2 Å². The van der Waals surface area contributed by atoms with E-state index in [4.69, 9.17) is 0 Å².